The minimum absolute atomic E-state index is 0.000839. The quantitative estimate of drug-likeness (QED) is 0.899. The Morgan fingerprint density at radius 3 is 2.81 bits per heavy atom. The van der Waals surface area contributed by atoms with Crippen LogP contribution in [0.4, 0.5) is 18.9 Å². The number of halogens is 3. The number of carbonyl (C=O) groups excluding carboxylic acids is 1. The lowest BCUT2D eigenvalue weighted by Gasteiger charge is -2.20. The fraction of sp³-hybridized carbons (Fsp3) is 0.500. The van der Waals surface area contributed by atoms with Crippen molar-refractivity contribution in [3.8, 4) is 5.75 Å². The zero-order valence-corrected chi connectivity index (χ0v) is 11.4. The lowest BCUT2D eigenvalue weighted by atomic mass is 10.1. The number of anilines is 1. The molecule has 116 valence electrons. The van der Waals surface area contributed by atoms with E-state index in [1.54, 1.807) is 18.2 Å². The molecule has 1 saturated heterocycles. The van der Waals surface area contributed by atoms with Crippen LogP contribution in [0.1, 0.15) is 19.3 Å². The predicted molar refractivity (Wildman–Crippen MR) is 72.3 cm³/mol. The van der Waals surface area contributed by atoms with Crippen LogP contribution >= 0.6 is 0 Å². The molecular weight excluding hydrogens is 285 g/mol. The van der Waals surface area contributed by atoms with Crippen molar-refractivity contribution in [2.45, 2.75) is 31.5 Å². The van der Waals surface area contributed by atoms with E-state index in [2.05, 4.69) is 10.6 Å². The van der Waals surface area contributed by atoms with E-state index in [4.69, 9.17) is 4.74 Å². The average Bonchev–Trinajstić information content (AvgIpc) is 2.62. The third kappa shape index (κ3) is 5.17. The Bertz CT molecular complexity index is 491. The van der Waals surface area contributed by atoms with E-state index in [1.807, 2.05) is 0 Å². The van der Waals surface area contributed by atoms with Crippen LogP contribution in [0.5, 0.6) is 5.75 Å². The van der Waals surface area contributed by atoms with Gasteiger partial charge in [0.25, 0.3) is 0 Å². The van der Waals surface area contributed by atoms with Crippen LogP contribution in [-0.4, -0.2) is 31.3 Å². The first kappa shape index (κ1) is 15.5. The van der Waals surface area contributed by atoms with Gasteiger partial charge in [0.2, 0.25) is 5.91 Å². The Balaban J connectivity index is 2.00. The summed E-state index contributed by atoms with van der Waals surface area (Å²) in [5.41, 5.74) is 0.515. The van der Waals surface area contributed by atoms with Crippen LogP contribution in [0.25, 0.3) is 0 Å². The number of ether oxygens (including phenoxy) is 1. The maximum Gasteiger partial charge on any atom is 0.422 e. The van der Waals surface area contributed by atoms with E-state index in [0.717, 1.165) is 6.42 Å². The average molecular weight is 302 g/mol. The molecule has 2 N–H and O–H groups in total. The number of rotatable bonds is 4. The van der Waals surface area contributed by atoms with E-state index in [-0.39, 0.29) is 17.7 Å². The van der Waals surface area contributed by atoms with Gasteiger partial charge in [-0.2, -0.15) is 13.2 Å². The molecule has 4 nitrogen and oxygen atoms in total. The highest BCUT2D eigenvalue weighted by Crippen LogP contribution is 2.28. The van der Waals surface area contributed by atoms with Gasteiger partial charge in [-0.1, -0.05) is 12.1 Å². The summed E-state index contributed by atoms with van der Waals surface area (Å²) in [6.07, 6.45) is -2.60. The smallest absolute Gasteiger partial charge is 0.422 e. The van der Waals surface area contributed by atoms with Gasteiger partial charge in [-0.3, -0.25) is 4.79 Å². The second-order valence-electron chi connectivity index (χ2n) is 4.92. The Morgan fingerprint density at radius 1 is 1.29 bits per heavy atom. The molecule has 2 rings (SSSR count). The summed E-state index contributed by atoms with van der Waals surface area (Å²) in [4.78, 5) is 11.3. The number of amides is 1. The minimum Gasteiger partial charge on any atom is -0.482 e. The highest BCUT2D eigenvalue weighted by atomic mass is 19.4. The summed E-state index contributed by atoms with van der Waals surface area (Å²) in [5.74, 6) is 0.166. The summed E-state index contributed by atoms with van der Waals surface area (Å²) in [7, 11) is 0. The Kier molecular flexibility index (Phi) is 4.93. The summed E-state index contributed by atoms with van der Waals surface area (Å²) in [5, 5.41) is 5.92. The fourth-order valence-corrected chi connectivity index (χ4v) is 2.16. The third-order valence-electron chi connectivity index (χ3n) is 3.17. The van der Waals surface area contributed by atoms with E-state index < -0.39 is 12.8 Å². The third-order valence-corrected chi connectivity index (χ3v) is 3.17. The Labute approximate surface area is 120 Å². The van der Waals surface area contributed by atoms with Crippen molar-refractivity contribution in [2.24, 2.45) is 0 Å². The van der Waals surface area contributed by atoms with Gasteiger partial charge in [0.05, 0.1) is 5.69 Å². The van der Waals surface area contributed by atoms with Crippen LogP contribution in [0.15, 0.2) is 24.3 Å². The van der Waals surface area contributed by atoms with Gasteiger partial charge < -0.3 is 15.4 Å². The molecule has 0 spiro atoms. The molecule has 21 heavy (non-hydrogen) atoms. The fourth-order valence-electron chi connectivity index (χ4n) is 2.16. The van der Waals surface area contributed by atoms with Crippen molar-refractivity contribution in [3.63, 3.8) is 0 Å². The summed E-state index contributed by atoms with van der Waals surface area (Å²) in [6, 6.07) is 6.54. The molecule has 1 aliphatic rings. The van der Waals surface area contributed by atoms with Crippen LogP contribution in [0.3, 0.4) is 0 Å². The van der Waals surface area contributed by atoms with Gasteiger partial charge in [0.15, 0.2) is 6.61 Å². The van der Waals surface area contributed by atoms with Gasteiger partial charge in [0, 0.05) is 19.0 Å². The Hall–Kier alpha value is -1.92. The number of hydrogen-bond donors (Lipinski definition) is 2. The van der Waals surface area contributed by atoms with Gasteiger partial charge in [-0.15, -0.1) is 0 Å². The van der Waals surface area contributed by atoms with E-state index in [1.165, 1.54) is 6.07 Å². The second-order valence-corrected chi connectivity index (χ2v) is 4.92. The number of alkyl halides is 3. The topological polar surface area (TPSA) is 50.4 Å². The first-order chi connectivity index (χ1) is 9.94. The normalized spacial score (nSPS) is 19.6. The van der Waals surface area contributed by atoms with Gasteiger partial charge in [-0.25, -0.2) is 0 Å². The maximum atomic E-state index is 12.2. The summed E-state index contributed by atoms with van der Waals surface area (Å²) >= 11 is 0. The van der Waals surface area contributed by atoms with Crippen molar-refractivity contribution >= 4 is 11.6 Å². The zero-order chi connectivity index (χ0) is 15.3. The molecule has 1 atom stereocenters. The molecular formula is C14H17F3N2O2. The largest absolute Gasteiger partial charge is 0.482 e. The van der Waals surface area contributed by atoms with Crippen LogP contribution in [-0.2, 0) is 4.79 Å². The van der Waals surface area contributed by atoms with E-state index >= 15 is 0 Å². The van der Waals surface area contributed by atoms with Crippen LogP contribution in [0, 0.1) is 0 Å². The van der Waals surface area contributed by atoms with Gasteiger partial charge in [0.1, 0.15) is 5.75 Å². The molecule has 1 aliphatic heterocycles. The van der Waals surface area contributed by atoms with E-state index in [9.17, 15) is 18.0 Å². The lowest BCUT2D eigenvalue weighted by Crippen LogP contribution is -2.24. The molecule has 1 heterocycles. The van der Waals surface area contributed by atoms with Crippen molar-refractivity contribution in [1.29, 1.82) is 0 Å². The molecule has 1 fully saturated rings. The number of para-hydroxylation sites is 2. The molecule has 0 aliphatic carbocycles. The Morgan fingerprint density at radius 2 is 2.05 bits per heavy atom. The lowest BCUT2D eigenvalue weighted by molar-refractivity contribution is -0.153. The molecule has 1 aromatic rings. The zero-order valence-electron chi connectivity index (χ0n) is 11.4. The summed E-state index contributed by atoms with van der Waals surface area (Å²) in [6.45, 7) is -0.765. The van der Waals surface area contributed by atoms with Crippen molar-refractivity contribution in [2.75, 3.05) is 18.5 Å². The first-order valence-corrected chi connectivity index (χ1v) is 6.76. The molecule has 0 bridgehead atoms. The molecule has 0 aromatic heterocycles. The van der Waals surface area contributed by atoms with Crippen LogP contribution in [0.2, 0.25) is 0 Å². The molecule has 0 saturated carbocycles. The van der Waals surface area contributed by atoms with Gasteiger partial charge in [-0.05, 0) is 25.0 Å². The summed E-state index contributed by atoms with van der Waals surface area (Å²) < 4.78 is 41.5. The molecule has 1 aromatic carbocycles. The van der Waals surface area contributed by atoms with Crippen molar-refractivity contribution in [3.05, 3.63) is 24.3 Å². The number of carbonyl (C=O) groups is 1. The van der Waals surface area contributed by atoms with E-state index in [0.29, 0.717) is 25.1 Å². The molecule has 1 amide bonds. The molecule has 0 unspecified atom stereocenters. The highest BCUT2D eigenvalue weighted by Gasteiger charge is 2.29. The van der Waals surface area contributed by atoms with Crippen LogP contribution < -0.4 is 15.4 Å². The van der Waals surface area contributed by atoms with Crippen molar-refractivity contribution in [1.82, 2.24) is 5.32 Å². The monoisotopic (exact) mass is 302 g/mol. The van der Waals surface area contributed by atoms with Crippen molar-refractivity contribution < 1.29 is 22.7 Å². The highest BCUT2D eigenvalue weighted by molar-refractivity contribution is 5.76. The maximum absolute atomic E-state index is 12.2. The SMILES string of the molecule is O=C1CC[C@@H](Nc2ccccc2OCC(F)(F)F)CCN1. The number of nitrogens with one attached hydrogen (secondary N) is 2. The first-order valence-electron chi connectivity index (χ1n) is 6.76. The standard InChI is InChI=1S/C14H17F3N2O2/c15-14(16,17)9-21-12-4-2-1-3-11(12)19-10-5-6-13(20)18-8-7-10/h1-4,10,19H,5-9H2,(H,18,20)/t10-/m1/s1. The minimum atomic E-state index is -4.37. The molecule has 7 heteroatoms. The predicted octanol–water partition coefficient (Wildman–Crippen LogP) is 2.71. The number of benzene rings is 1. The second kappa shape index (κ2) is 6.69. The molecule has 0 radical (unpaired) electrons. The van der Waals surface area contributed by atoms with Gasteiger partial charge >= 0.3 is 6.18 Å². The number of hydrogen-bond acceptors (Lipinski definition) is 3.